The number of ether oxygens (including phenoxy) is 1. The average Bonchev–Trinajstić information content (AvgIpc) is 2.91. The minimum absolute atomic E-state index is 0.218. The van der Waals surface area contributed by atoms with Crippen molar-refractivity contribution >= 4 is 23.0 Å². The molecule has 6 nitrogen and oxygen atoms in total. The molecular weight excluding hydrogens is 328 g/mol. The number of hydrogen-bond acceptors (Lipinski definition) is 4. The number of nitrogens with one attached hydrogen (secondary N) is 1. The summed E-state index contributed by atoms with van der Waals surface area (Å²) in [5.74, 6) is -0.0223. The van der Waals surface area contributed by atoms with Crippen molar-refractivity contribution in [2.75, 3.05) is 6.61 Å². The van der Waals surface area contributed by atoms with Gasteiger partial charge < -0.3 is 9.30 Å². The number of carbonyl (C=O) groups is 1. The number of nitrogens with zero attached hydrogens (tertiary/aromatic N) is 3. The van der Waals surface area contributed by atoms with Crippen molar-refractivity contribution in [3.8, 4) is 11.8 Å². The number of aromatic nitrogens is 1. The number of benzene rings is 2. The predicted octanol–water partition coefficient (Wildman–Crippen LogP) is 2.89. The molecule has 1 heterocycles. The van der Waals surface area contributed by atoms with E-state index in [4.69, 9.17) is 10.00 Å². The van der Waals surface area contributed by atoms with Crippen LogP contribution in [0.2, 0.25) is 0 Å². The van der Waals surface area contributed by atoms with E-state index >= 15 is 0 Å². The summed E-state index contributed by atoms with van der Waals surface area (Å²) in [4.78, 5) is 11.9. The van der Waals surface area contributed by atoms with E-state index in [0.717, 1.165) is 22.2 Å². The maximum Gasteiger partial charge on any atom is 0.277 e. The van der Waals surface area contributed by atoms with Gasteiger partial charge in [-0.25, -0.2) is 5.43 Å². The summed E-state index contributed by atoms with van der Waals surface area (Å²) in [5.41, 5.74) is 5.96. The van der Waals surface area contributed by atoms with Gasteiger partial charge in [0.05, 0.1) is 11.8 Å². The van der Waals surface area contributed by atoms with Crippen LogP contribution in [-0.2, 0) is 11.8 Å². The second kappa shape index (κ2) is 7.53. The Morgan fingerprint density at radius 1 is 1.27 bits per heavy atom. The van der Waals surface area contributed by atoms with Gasteiger partial charge in [0.2, 0.25) is 0 Å². The molecule has 0 atom stereocenters. The Morgan fingerprint density at radius 3 is 2.81 bits per heavy atom. The number of fused-ring (bicyclic) bond motifs is 1. The van der Waals surface area contributed by atoms with E-state index in [1.807, 2.05) is 44.3 Å². The molecule has 1 aromatic heterocycles. The molecule has 0 unspecified atom stereocenters. The average molecular weight is 346 g/mol. The third-order valence-corrected chi connectivity index (χ3v) is 4.20. The van der Waals surface area contributed by atoms with E-state index < -0.39 is 5.91 Å². The Labute approximate surface area is 151 Å². The highest BCUT2D eigenvalue weighted by Gasteiger charge is 2.10. The zero-order chi connectivity index (χ0) is 18.5. The second-order valence-corrected chi connectivity index (χ2v) is 5.77. The fourth-order valence-corrected chi connectivity index (χ4v) is 2.74. The molecular formula is C20H18N4O2. The normalized spacial score (nSPS) is 10.8. The molecule has 0 fully saturated rings. The molecule has 0 bridgehead atoms. The molecule has 1 N–H and O–H groups in total. The quantitative estimate of drug-likeness (QED) is 0.570. The van der Waals surface area contributed by atoms with E-state index in [0.29, 0.717) is 11.3 Å². The number of hydrogen-bond donors (Lipinski definition) is 1. The van der Waals surface area contributed by atoms with Gasteiger partial charge in [0, 0.05) is 29.2 Å². The summed E-state index contributed by atoms with van der Waals surface area (Å²) < 4.78 is 7.46. The van der Waals surface area contributed by atoms with E-state index in [1.54, 1.807) is 30.5 Å². The molecule has 0 saturated heterocycles. The molecule has 1 amide bonds. The van der Waals surface area contributed by atoms with Gasteiger partial charge >= 0.3 is 0 Å². The largest absolute Gasteiger partial charge is 0.482 e. The van der Waals surface area contributed by atoms with Gasteiger partial charge in [-0.3, -0.25) is 4.79 Å². The first-order valence-electron chi connectivity index (χ1n) is 8.09. The smallest absolute Gasteiger partial charge is 0.277 e. The fourth-order valence-electron chi connectivity index (χ4n) is 2.74. The van der Waals surface area contributed by atoms with E-state index in [9.17, 15) is 4.79 Å². The van der Waals surface area contributed by atoms with Gasteiger partial charge in [0.1, 0.15) is 11.8 Å². The van der Waals surface area contributed by atoms with Crippen LogP contribution in [-0.4, -0.2) is 23.3 Å². The topological polar surface area (TPSA) is 79.4 Å². The minimum atomic E-state index is -0.396. The van der Waals surface area contributed by atoms with Crippen LogP contribution >= 0.6 is 0 Å². The summed E-state index contributed by atoms with van der Waals surface area (Å²) >= 11 is 0. The summed E-state index contributed by atoms with van der Waals surface area (Å²) in [5, 5.41) is 14.1. The van der Waals surface area contributed by atoms with Gasteiger partial charge in [0.15, 0.2) is 6.61 Å². The highest BCUT2D eigenvalue weighted by atomic mass is 16.5. The van der Waals surface area contributed by atoms with Crippen molar-refractivity contribution in [2.24, 2.45) is 12.1 Å². The van der Waals surface area contributed by atoms with Crippen LogP contribution in [0.4, 0.5) is 0 Å². The molecule has 3 rings (SSSR count). The standard InChI is InChI=1S/C20H18N4O2/c1-14-17(16-8-4-5-9-18(16)24(14)2)12-22-23-20(25)13-26-19-10-6-3-7-15(19)11-21/h3-10,12H,13H2,1-2H3,(H,23,25). The number of hydrazone groups is 1. The molecule has 6 heteroatoms. The Hall–Kier alpha value is -3.59. The highest BCUT2D eigenvalue weighted by Crippen LogP contribution is 2.23. The first-order valence-corrected chi connectivity index (χ1v) is 8.09. The highest BCUT2D eigenvalue weighted by molar-refractivity contribution is 6.01. The Balaban J connectivity index is 1.65. The SMILES string of the molecule is Cc1c(C=NNC(=O)COc2ccccc2C#N)c2ccccc2n1C. The maximum atomic E-state index is 11.9. The first kappa shape index (κ1) is 17.2. The lowest BCUT2D eigenvalue weighted by Crippen LogP contribution is -2.24. The predicted molar refractivity (Wildman–Crippen MR) is 100 cm³/mol. The van der Waals surface area contributed by atoms with Gasteiger partial charge in [-0.05, 0) is 25.1 Å². The molecule has 0 aliphatic carbocycles. The zero-order valence-corrected chi connectivity index (χ0v) is 14.6. The molecule has 26 heavy (non-hydrogen) atoms. The van der Waals surface area contributed by atoms with Crippen LogP contribution in [0, 0.1) is 18.3 Å². The third-order valence-electron chi connectivity index (χ3n) is 4.20. The maximum absolute atomic E-state index is 11.9. The summed E-state index contributed by atoms with van der Waals surface area (Å²) in [6.07, 6.45) is 1.64. The van der Waals surface area contributed by atoms with Crippen molar-refractivity contribution in [1.29, 1.82) is 5.26 Å². The van der Waals surface area contributed by atoms with Crippen LogP contribution in [0.1, 0.15) is 16.8 Å². The number of carbonyl (C=O) groups excluding carboxylic acids is 1. The lowest BCUT2D eigenvalue weighted by Gasteiger charge is -2.06. The summed E-state index contributed by atoms with van der Waals surface area (Å²) in [6, 6.07) is 16.8. The van der Waals surface area contributed by atoms with E-state index in [-0.39, 0.29) is 6.61 Å². The monoisotopic (exact) mass is 346 g/mol. The van der Waals surface area contributed by atoms with Crippen molar-refractivity contribution in [3.05, 3.63) is 65.4 Å². The number of rotatable bonds is 5. The zero-order valence-electron chi connectivity index (χ0n) is 14.6. The van der Waals surface area contributed by atoms with Gasteiger partial charge in [-0.1, -0.05) is 30.3 Å². The van der Waals surface area contributed by atoms with Crippen molar-refractivity contribution in [3.63, 3.8) is 0 Å². The molecule has 0 radical (unpaired) electrons. The third kappa shape index (κ3) is 3.42. The molecule has 3 aromatic rings. The van der Waals surface area contributed by atoms with Crippen molar-refractivity contribution in [1.82, 2.24) is 9.99 Å². The molecule has 0 spiro atoms. The van der Waals surface area contributed by atoms with E-state index in [1.165, 1.54) is 0 Å². The first-order chi connectivity index (χ1) is 12.6. The lowest BCUT2D eigenvalue weighted by atomic mass is 10.1. The molecule has 0 saturated carbocycles. The van der Waals surface area contributed by atoms with Crippen molar-refractivity contribution in [2.45, 2.75) is 6.92 Å². The van der Waals surface area contributed by atoms with Gasteiger partial charge in [-0.15, -0.1) is 0 Å². The minimum Gasteiger partial charge on any atom is -0.482 e. The molecule has 0 aliphatic rings. The Morgan fingerprint density at radius 2 is 2.00 bits per heavy atom. The summed E-state index contributed by atoms with van der Waals surface area (Å²) in [6.45, 7) is 1.79. The Bertz CT molecular complexity index is 1030. The molecule has 0 aliphatic heterocycles. The Kier molecular flexibility index (Phi) is 4.99. The second-order valence-electron chi connectivity index (χ2n) is 5.77. The van der Waals surface area contributed by atoms with Crippen molar-refractivity contribution < 1.29 is 9.53 Å². The van der Waals surface area contributed by atoms with Gasteiger partial charge in [0.25, 0.3) is 5.91 Å². The summed E-state index contributed by atoms with van der Waals surface area (Å²) in [7, 11) is 1.99. The van der Waals surface area contributed by atoms with Crippen LogP contribution in [0.25, 0.3) is 10.9 Å². The number of amides is 1. The number of aryl methyl sites for hydroxylation is 1. The number of nitriles is 1. The lowest BCUT2D eigenvalue weighted by molar-refractivity contribution is -0.123. The van der Waals surface area contributed by atoms with Gasteiger partial charge in [-0.2, -0.15) is 10.4 Å². The van der Waals surface area contributed by atoms with Crippen LogP contribution < -0.4 is 10.2 Å². The van der Waals surface area contributed by atoms with E-state index in [2.05, 4.69) is 15.1 Å². The van der Waals surface area contributed by atoms with Crippen LogP contribution in [0.5, 0.6) is 5.75 Å². The number of para-hydroxylation sites is 2. The molecule has 130 valence electrons. The fraction of sp³-hybridized carbons (Fsp3) is 0.150. The van der Waals surface area contributed by atoms with Crippen LogP contribution in [0.3, 0.4) is 0 Å². The molecule has 2 aromatic carbocycles. The van der Waals surface area contributed by atoms with Crippen LogP contribution in [0.15, 0.2) is 53.6 Å².